The van der Waals surface area contributed by atoms with Crippen molar-refractivity contribution in [1.29, 1.82) is 0 Å². The highest BCUT2D eigenvalue weighted by Gasteiger charge is 2.54. The maximum Gasteiger partial charge on any atom is 0.153 e. The summed E-state index contributed by atoms with van der Waals surface area (Å²) in [5, 5.41) is 19.8. The monoisotopic (exact) mass is 236 g/mol. The quantitative estimate of drug-likeness (QED) is 0.733. The van der Waals surface area contributed by atoms with E-state index < -0.39 is 20.9 Å². The molecule has 15 heavy (non-hydrogen) atoms. The Morgan fingerprint density at radius 3 is 2.27 bits per heavy atom. The molecule has 0 amide bonds. The molecule has 5 heteroatoms. The van der Waals surface area contributed by atoms with Crippen molar-refractivity contribution in [2.45, 2.75) is 32.8 Å². The molecule has 0 aromatic heterocycles. The predicted octanol–water partition coefficient (Wildman–Crippen LogP) is 0.191. The van der Waals surface area contributed by atoms with Gasteiger partial charge in [-0.3, -0.25) is 0 Å². The number of aliphatic hydroxyl groups excluding tert-OH is 1. The molecule has 0 radical (unpaired) electrons. The third-order valence-electron chi connectivity index (χ3n) is 3.95. The number of hydrogen-bond donors (Lipinski definition) is 2. The van der Waals surface area contributed by atoms with Gasteiger partial charge in [0.15, 0.2) is 9.84 Å². The van der Waals surface area contributed by atoms with Gasteiger partial charge in [0.05, 0.1) is 23.7 Å². The smallest absolute Gasteiger partial charge is 0.153 e. The van der Waals surface area contributed by atoms with Crippen LogP contribution in [0.15, 0.2) is 0 Å². The van der Waals surface area contributed by atoms with E-state index in [0.717, 1.165) is 0 Å². The molecular formula is C10H20O4S. The van der Waals surface area contributed by atoms with Crippen molar-refractivity contribution in [3.8, 4) is 0 Å². The van der Waals surface area contributed by atoms with Crippen molar-refractivity contribution >= 4 is 9.84 Å². The van der Waals surface area contributed by atoms with Crippen LogP contribution in [-0.2, 0) is 9.84 Å². The average Bonchev–Trinajstić information content (AvgIpc) is 2.40. The zero-order valence-electron chi connectivity index (χ0n) is 9.52. The van der Waals surface area contributed by atoms with Crippen molar-refractivity contribution in [3.63, 3.8) is 0 Å². The van der Waals surface area contributed by atoms with Gasteiger partial charge in [0, 0.05) is 5.41 Å². The first-order chi connectivity index (χ1) is 6.67. The molecule has 1 aliphatic heterocycles. The van der Waals surface area contributed by atoms with Crippen LogP contribution in [0.4, 0.5) is 0 Å². The van der Waals surface area contributed by atoms with Gasteiger partial charge in [-0.1, -0.05) is 20.8 Å². The molecule has 4 nitrogen and oxygen atoms in total. The van der Waals surface area contributed by atoms with Crippen LogP contribution in [0, 0.1) is 11.3 Å². The fraction of sp³-hybridized carbons (Fsp3) is 1.00. The maximum atomic E-state index is 11.4. The lowest BCUT2D eigenvalue weighted by atomic mass is 9.66. The van der Waals surface area contributed by atoms with Gasteiger partial charge in [-0.05, 0) is 12.3 Å². The zero-order valence-corrected chi connectivity index (χ0v) is 10.3. The molecule has 2 unspecified atom stereocenters. The zero-order chi connectivity index (χ0) is 11.9. The molecule has 0 saturated carbocycles. The Morgan fingerprint density at radius 2 is 2.00 bits per heavy atom. The Labute approximate surface area is 91.2 Å². The van der Waals surface area contributed by atoms with Crippen molar-refractivity contribution in [2.75, 3.05) is 18.1 Å². The minimum absolute atomic E-state index is 0.0197. The summed E-state index contributed by atoms with van der Waals surface area (Å²) in [6.07, 6.45) is 0.227. The molecule has 0 bridgehead atoms. The Morgan fingerprint density at radius 1 is 1.47 bits per heavy atom. The second-order valence-electron chi connectivity index (χ2n) is 5.10. The van der Waals surface area contributed by atoms with Gasteiger partial charge in [-0.2, -0.15) is 0 Å². The average molecular weight is 236 g/mol. The first-order valence-electron chi connectivity index (χ1n) is 5.20. The third-order valence-corrected chi connectivity index (χ3v) is 5.69. The van der Waals surface area contributed by atoms with Crippen molar-refractivity contribution in [1.82, 2.24) is 0 Å². The van der Waals surface area contributed by atoms with Crippen molar-refractivity contribution in [3.05, 3.63) is 0 Å². The fourth-order valence-electron chi connectivity index (χ4n) is 2.15. The molecule has 0 spiro atoms. The van der Waals surface area contributed by atoms with Gasteiger partial charge in [0.1, 0.15) is 0 Å². The molecule has 90 valence electrons. The van der Waals surface area contributed by atoms with Gasteiger partial charge >= 0.3 is 0 Å². The Kier molecular flexibility index (Phi) is 3.20. The van der Waals surface area contributed by atoms with Gasteiger partial charge in [-0.15, -0.1) is 0 Å². The first kappa shape index (κ1) is 12.9. The minimum atomic E-state index is -3.14. The van der Waals surface area contributed by atoms with E-state index in [1.165, 1.54) is 0 Å². The number of hydrogen-bond acceptors (Lipinski definition) is 4. The lowest BCUT2D eigenvalue weighted by molar-refractivity contribution is -0.106. The highest BCUT2D eigenvalue weighted by atomic mass is 32.2. The van der Waals surface area contributed by atoms with Crippen LogP contribution in [0.1, 0.15) is 27.2 Å². The summed E-state index contributed by atoms with van der Waals surface area (Å²) >= 11 is 0. The van der Waals surface area contributed by atoms with E-state index in [4.69, 9.17) is 0 Å². The largest absolute Gasteiger partial charge is 0.396 e. The van der Waals surface area contributed by atoms with Gasteiger partial charge in [0.2, 0.25) is 0 Å². The fourth-order valence-corrected chi connectivity index (χ4v) is 4.14. The van der Waals surface area contributed by atoms with Crippen LogP contribution in [0.2, 0.25) is 0 Å². The summed E-state index contributed by atoms with van der Waals surface area (Å²) in [5.41, 5.74) is -2.04. The van der Waals surface area contributed by atoms with Crippen LogP contribution in [0.5, 0.6) is 0 Å². The summed E-state index contributed by atoms with van der Waals surface area (Å²) in [4.78, 5) is 0. The summed E-state index contributed by atoms with van der Waals surface area (Å²) in [6, 6.07) is 0. The molecule has 2 N–H and O–H groups in total. The number of rotatable bonds is 3. The van der Waals surface area contributed by atoms with E-state index in [-0.39, 0.29) is 30.5 Å². The molecular weight excluding hydrogens is 216 g/mol. The molecule has 1 rings (SSSR count). The Hall–Kier alpha value is -0.130. The highest BCUT2D eigenvalue weighted by molar-refractivity contribution is 7.91. The van der Waals surface area contributed by atoms with Crippen molar-refractivity contribution < 1.29 is 18.6 Å². The predicted molar refractivity (Wildman–Crippen MR) is 58.3 cm³/mol. The SMILES string of the molecule is CC(C)C(C)(CO)C1(O)CCS(=O)(=O)C1. The second kappa shape index (κ2) is 3.71. The van der Waals surface area contributed by atoms with E-state index in [9.17, 15) is 18.6 Å². The van der Waals surface area contributed by atoms with E-state index in [0.29, 0.717) is 0 Å². The molecule has 2 atom stereocenters. The van der Waals surface area contributed by atoms with E-state index in [1.54, 1.807) is 6.92 Å². The van der Waals surface area contributed by atoms with Gasteiger partial charge in [0.25, 0.3) is 0 Å². The molecule has 1 aliphatic rings. The second-order valence-corrected chi connectivity index (χ2v) is 7.29. The number of sulfone groups is 1. The van der Waals surface area contributed by atoms with E-state index in [2.05, 4.69) is 0 Å². The molecule has 0 aromatic rings. The summed E-state index contributed by atoms with van der Waals surface area (Å²) in [7, 11) is -3.14. The van der Waals surface area contributed by atoms with Gasteiger partial charge in [-0.25, -0.2) is 8.42 Å². The number of aliphatic hydroxyl groups is 2. The molecule has 1 heterocycles. The molecule has 0 aromatic carbocycles. The van der Waals surface area contributed by atoms with Crippen molar-refractivity contribution in [2.24, 2.45) is 11.3 Å². The van der Waals surface area contributed by atoms with Crippen LogP contribution < -0.4 is 0 Å². The first-order valence-corrected chi connectivity index (χ1v) is 7.03. The topological polar surface area (TPSA) is 74.6 Å². The van der Waals surface area contributed by atoms with Crippen LogP contribution in [-0.4, -0.2) is 42.3 Å². The standard InChI is InChI=1S/C10H20O4S/c1-8(2)9(3,6-11)10(12)4-5-15(13,14)7-10/h8,11-12H,4-7H2,1-3H3. The lowest BCUT2D eigenvalue weighted by Gasteiger charge is -2.44. The van der Waals surface area contributed by atoms with Crippen LogP contribution in [0.3, 0.4) is 0 Å². The summed E-state index contributed by atoms with van der Waals surface area (Å²) in [6.45, 7) is 5.33. The maximum absolute atomic E-state index is 11.4. The lowest BCUT2D eigenvalue weighted by Crippen LogP contribution is -2.52. The molecule has 1 saturated heterocycles. The van der Waals surface area contributed by atoms with E-state index in [1.807, 2.05) is 13.8 Å². The summed E-state index contributed by atoms with van der Waals surface area (Å²) < 4.78 is 22.8. The van der Waals surface area contributed by atoms with Crippen LogP contribution >= 0.6 is 0 Å². The molecule has 1 fully saturated rings. The summed E-state index contributed by atoms with van der Waals surface area (Å²) in [5.74, 6) is -0.179. The minimum Gasteiger partial charge on any atom is -0.396 e. The van der Waals surface area contributed by atoms with Gasteiger partial charge < -0.3 is 10.2 Å². The Balaban J connectivity index is 3.06. The molecule has 0 aliphatic carbocycles. The van der Waals surface area contributed by atoms with E-state index >= 15 is 0 Å². The normalized spacial score (nSPS) is 34.3. The van der Waals surface area contributed by atoms with Crippen LogP contribution in [0.25, 0.3) is 0 Å². The highest BCUT2D eigenvalue weighted by Crippen LogP contribution is 2.44. The Bertz CT molecular complexity index is 335. The third kappa shape index (κ3) is 2.05.